The Bertz CT molecular complexity index is 691. The number of fused-ring (bicyclic) bond motifs is 1. The third-order valence-corrected chi connectivity index (χ3v) is 3.39. The average Bonchev–Trinajstić information content (AvgIpc) is 2.34. The van der Waals surface area contributed by atoms with Crippen molar-refractivity contribution >= 4 is 20.9 Å². The molecule has 2 aromatic rings. The van der Waals surface area contributed by atoms with Crippen LogP contribution in [0.4, 0.5) is 0 Å². The number of aliphatic hydroxyl groups excluding tert-OH is 1. The quantitative estimate of drug-likeness (QED) is 0.858. The van der Waals surface area contributed by atoms with Gasteiger partial charge < -0.3 is 14.4 Å². The van der Waals surface area contributed by atoms with Gasteiger partial charge >= 0.3 is 0 Å². The zero-order valence-corrected chi connectivity index (χ0v) is 11.1. The van der Waals surface area contributed by atoms with E-state index in [0.29, 0.717) is 11.1 Å². The molecule has 0 aliphatic carbocycles. The molecule has 0 aromatic heterocycles. The third kappa shape index (κ3) is 3.44. The van der Waals surface area contributed by atoms with Gasteiger partial charge in [-0.25, -0.2) is 8.42 Å². The van der Waals surface area contributed by atoms with Crippen molar-refractivity contribution < 1.29 is 22.8 Å². The summed E-state index contributed by atoms with van der Waals surface area (Å²) in [5.74, 6) is 0.575. The smallest absolute Gasteiger partial charge is 0.124 e. The van der Waals surface area contributed by atoms with E-state index in [9.17, 15) is 13.0 Å². The van der Waals surface area contributed by atoms with E-state index in [1.54, 1.807) is 31.2 Å². The molecule has 102 valence electrons. The maximum absolute atomic E-state index is 10.9. The van der Waals surface area contributed by atoms with Crippen LogP contribution in [0.2, 0.25) is 0 Å². The van der Waals surface area contributed by atoms with Gasteiger partial charge in [0, 0.05) is 0 Å². The molecule has 0 amide bonds. The fourth-order valence-corrected chi connectivity index (χ4v) is 2.17. The van der Waals surface area contributed by atoms with Crippen LogP contribution in [0, 0.1) is 0 Å². The van der Waals surface area contributed by atoms with Crippen molar-refractivity contribution in [3.63, 3.8) is 0 Å². The molecule has 19 heavy (non-hydrogen) atoms. The van der Waals surface area contributed by atoms with Gasteiger partial charge in [0.15, 0.2) is 0 Å². The van der Waals surface area contributed by atoms with Crippen LogP contribution in [0.3, 0.4) is 0 Å². The lowest BCUT2D eigenvalue weighted by molar-refractivity contribution is 0.123. The Labute approximate surface area is 111 Å². The van der Waals surface area contributed by atoms with Gasteiger partial charge in [0.05, 0.1) is 11.0 Å². The molecule has 1 atom stereocenters. The highest BCUT2D eigenvalue weighted by Gasteiger charge is 2.04. The first kappa shape index (κ1) is 13.8. The highest BCUT2D eigenvalue weighted by Crippen LogP contribution is 2.23. The van der Waals surface area contributed by atoms with Crippen molar-refractivity contribution in [2.75, 3.05) is 6.61 Å². The molecule has 0 aliphatic heterocycles. The van der Waals surface area contributed by atoms with Gasteiger partial charge in [-0.2, -0.15) is 0 Å². The lowest BCUT2D eigenvalue weighted by Gasteiger charge is -2.10. The van der Waals surface area contributed by atoms with Gasteiger partial charge in [0.25, 0.3) is 0 Å². The second-order valence-corrected chi connectivity index (χ2v) is 5.66. The summed E-state index contributed by atoms with van der Waals surface area (Å²) < 4.78 is 38.1. The molecule has 1 unspecified atom stereocenters. The average molecular weight is 281 g/mol. The zero-order chi connectivity index (χ0) is 14.0. The topological polar surface area (TPSA) is 86.7 Å². The second-order valence-electron chi connectivity index (χ2n) is 4.28. The summed E-state index contributed by atoms with van der Waals surface area (Å²) in [5, 5.41) is 10.5. The molecule has 6 heteroatoms. The third-order valence-electron chi connectivity index (χ3n) is 2.56. The molecule has 0 saturated heterocycles. The van der Waals surface area contributed by atoms with Crippen LogP contribution >= 0.6 is 0 Å². The van der Waals surface area contributed by atoms with Crippen molar-refractivity contribution in [2.45, 2.75) is 17.9 Å². The monoisotopic (exact) mass is 281 g/mol. The predicted molar refractivity (Wildman–Crippen MR) is 69.1 cm³/mol. The SMILES string of the molecule is CC(O)COc1ccc2cc(S(=O)(=O)[O-])ccc2c1. The van der Waals surface area contributed by atoms with Gasteiger partial charge in [-0.1, -0.05) is 12.1 Å². The van der Waals surface area contributed by atoms with Gasteiger partial charge in [0.2, 0.25) is 0 Å². The Morgan fingerprint density at radius 2 is 1.84 bits per heavy atom. The summed E-state index contributed by atoms with van der Waals surface area (Å²) in [7, 11) is -4.44. The summed E-state index contributed by atoms with van der Waals surface area (Å²) >= 11 is 0. The Morgan fingerprint density at radius 1 is 1.21 bits per heavy atom. The van der Waals surface area contributed by atoms with Gasteiger partial charge in [-0.05, 0) is 42.0 Å². The van der Waals surface area contributed by atoms with E-state index < -0.39 is 16.2 Å². The van der Waals surface area contributed by atoms with E-state index in [4.69, 9.17) is 9.84 Å². The molecule has 0 aliphatic rings. The fourth-order valence-electron chi connectivity index (χ4n) is 1.66. The minimum atomic E-state index is -4.44. The summed E-state index contributed by atoms with van der Waals surface area (Å²) in [6.45, 7) is 1.80. The molecule has 2 rings (SSSR count). The van der Waals surface area contributed by atoms with Crippen LogP contribution < -0.4 is 4.74 Å². The molecule has 2 aromatic carbocycles. The highest BCUT2D eigenvalue weighted by molar-refractivity contribution is 7.85. The van der Waals surface area contributed by atoms with E-state index in [1.807, 2.05) is 0 Å². The van der Waals surface area contributed by atoms with Crippen molar-refractivity contribution in [1.82, 2.24) is 0 Å². The lowest BCUT2D eigenvalue weighted by atomic mass is 10.1. The van der Waals surface area contributed by atoms with E-state index in [0.717, 1.165) is 5.39 Å². The maximum atomic E-state index is 10.9. The van der Waals surface area contributed by atoms with E-state index in [-0.39, 0.29) is 11.5 Å². The number of hydrogen-bond donors (Lipinski definition) is 1. The minimum Gasteiger partial charge on any atom is -0.744 e. The number of aliphatic hydroxyl groups is 1. The summed E-state index contributed by atoms with van der Waals surface area (Å²) in [5.41, 5.74) is 0. The first-order valence-electron chi connectivity index (χ1n) is 5.67. The Balaban J connectivity index is 2.35. The largest absolute Gasteiger partial charge is 0.744 e. The molecule has 0 heterocycles. The molecule has 1 N–H and O–H groups in total. The summed E-state index contributed by atoms with van der Waals surface area (Å²) in [6.07, 6.45) is -0.566. The first-order chi connectivity index (χ1) is 8.86. The maximum Gasteiger partial charge on any atom is 0.124 e. The Hall–Kier alpha value is -1.63. The molecule has 0 spiro atoms. The van der Waals surface area contributed by atoms with Crippen LogP contribution in [-0.4, -0.2) is 30.8 Å². The molecular formula is C13H13O5S-. The van der Waals surface area contributed by atoms with Gasteiger partial charge in [-0.3, -0.25) is 0 Å². The lowest BCUT2D eigenvalue weighted by Crippen LogP contribution is -2.12. The van der Waals surface area contributed by atoms with E-state index >= 15 is 0 Å². The Morgan fingerprint density at radius 3 is 2.47 bits per heavy atom. The second kappa shape index (κ2) is 5.16. The Kier molecular flexibility index (Phi) is 3.75. The van der Waals surface area contributed by atoms with Crippen LogP contribution in [0.1, 0.15) is 6.92 Å². The van der Waals surface area contributed by atoms with Crippen LogP contribution in [0.25, 0.3) is 10.8 Å². The van der Waals surface area contributed by atoms with Crippen molar-refractivity contribution in [3.8, 4) is 5.75 Å². The number of hydrogen-bond acceptors (Lipinski definition) is 5. The molecule has 0 saturated carbocycles. The minimum absolute atomic E-state index is 0.179. The molecule has 0 fully saturated rings. The summed E-state index contributed by atoms with van der Waals surface area (Å²) in [4.78, 5) is -0.252. The van der Waals surface area contributed by atoms with Crippen LogP contribution in [-0.2, 0) is 10.1 Å². The van der Waals surface area contributed by atoms with E-state index in [1.165, 1.54) is 12.1 Å². The van der Waals surface area contributed by atoms with Crippen LogP contribution in [0.5, 0.6) is 5.75 Å². The highest BCUT2D eigenvalue weighted by atomic mass is 32.2. The van der Waals surface area contributed by atoms with Crippen molar-refractivity contribution in [3.05, 3.63) is 36.4 Å². The normalized spacial score (nSPS) is 13.4. The number of ether oxygens (including phenoxy) is 1. The van der Waals surface area contributed by atoms with Crippen LogP contribution in [0.15, 0.2) is 41.3 Å². The van der Waals surface area contributed by atoms with E-state index in [2.05, 4.69) is 0 Å². The zero-order valence-electron chi connectivity index (χ0n) is 10.2. The molecule has 5 nitrogen and oxygen atoms in total. The summed E-state index contributed by atoms with van der Waals surface area (Å²) in [6, 6.07) is 9.20. The first-order valence-corrected chi connectivity index (χ1v) is 7.08. The van der Waals surface area contributed by atoms with Crippen molar-refractivity contribution in [1.29, 1.82) is 0 Å². The molecular weight excluding hydrogens is 268 g/mol. The number of benzene rings is 2. The fraction of sp³-hybridized carbons (Fsp3) is 0.231. The van der Waals surface area contributed by atoms with Gasteiger partial charge in [0.1, 0.15) is 22.5 Å². The number of rotatable bonds is 4. The van der Waals surface area contributed by atoms with Gasteiger partial charge in [-0.15, -0.1) is 0 Å². The molecule has 0 bridgehead atoms. The molecule has 0 radical (unpaired) electrons. The van der Waals surface area contributed by atoms with Crippen molar-refractivity contribution in [2.24, 2.45) is 0 Å². The predicted octanol–water partition coefficient (Wildman–Crippen LogP) is 1.50. The standard InChI is InChI=1S/C13H14O5S/c1-9(14)8-18-12-4-2-11-7-13(19(15,16)17)5-3-10(11)6-12/h2-7,9,14H,8H2,1H3,(H,15,16,17)/p-1.